The summed E-state index contributed by atoms with van der Waals surface area (Å²) < 4.78 is 16.1. The predicted octanol–water partition coefficient (Wildman–Crippen LogP) is 2.56. The van der Waals surface area contributed by atoms with Gasteiger partial charge in [0.1, 0.15) is 5.69 Å². The Morgan fingerprint density at radius 3 is 2.09 bits per heavy atom. The molecule has 7 nitrogen and oxygen atoms in total. The van der Waals surface area contributed by atoms with E-state index in [0.717, 1.165) is 16.8 Å². The molecule has 7 heteroatoms. The first-order valence-electron chi connectivity index (χ1n) is 6.90. The maximum atomic E-state index is 5.39. The van der Waals surface area contributed by atoms with Crippen molar-refractivity contribution in [2.24, 2.45) is 0 Å². The van der Waals surface area contributed by atoms with E-state index in [1.807, 2.05) is 24.3 Å². The third-order valence-electron chi connectivity index (χ3n) is 3.46. The summed E-state index contributed by atoms with van der Waals surface area (Å²) in [5, 5.41) is 11.0. The molecule has 118 valence electrons. The summed E-state index contributed by atoms with van der Waals surface area (Å²) in [7, 11) is 4.72. The molecule has 2 aromatic heterocycles. The first-order valence-corrected chi connectivity index (χ1v) is 6.90. The molecular weight excluding hydrogens is 296 g/mol. The van der Waals surface area contributed by atoms with Crippen LogP contribution in [0.2, 0.25) is 0 Å². The van der Waals surface area contributed by atoms with Crippen LogP contribution >= 0.6 is 0 Å². The third kappa shape index (κ3) is 2.68. The molecule has 0 atom stereocenters. The van der Waals surface area contributed by atoms with Gasteiger partial charge in [-0.1, -0.05) is 5.21 Å². The van der Waals surface area contributed by atoms with Crippen molar-refractivity contribution in [1.29, 1.82) is 0 Å². The van der Waals surface area contributed by atoms with Crippen LogP contribution in [0.25, 0.3) is 22.5 Å². The lowest BCUT2D eigenvalue weighted by Crippen LogP contribution is -1.96. The Labute approximate surface area is 133 Å². The van der Waals surface area contributed by atoms with E-state index in [9.17, 15) is 0 Å². The molecule has 1 aromatic carbocycles. The van der Waals surface area contributed by atoms with Gasteiger partial charge in [-0.25, -0.2) is 0 Å². The van der Waals surface area contributed by atoms with Gasteiger partial charge in [-0.15, -0.1) is 5.10 Å². The van der Waals surface area contributed by atoms with Crippen LogP contribution in [0.4, 0.5) is 0 Å². The molecule has 0 saturated heterocycles. The maximum absolute atomic E-state index is 5.39. The minimum absolute atomic E-state index is 0.535. The Morgan fingerprint density at radius 1 is 0.870 bits per heavy atom. The molecule has 0 amide bonds. The largest absolute Gasteiger partial charge is 0.493 e. The van der Waals surface area contributed by atoms with Gasteiger partial charge in [0.15, 0.2) is 11.5 Å². The highest BCUT2D eigenvalue weighted by molar-refractivity contribution is 5.79. The van der Waals surface area contributed by atoms with Crippen molar-refractivity contribution < 1.29 is 14.2 Å². The summed E-state index contributed by atoms with van der Waals surface area (Å²) in [6, 6.07) is 7.45. The van der Waals surface area contributed by atoms with E-state index >= 15 is 0 Å². The second kappa shape index (κ2) is 6.35. The second-order valence-electron chi connectivity index (χ2n) is 4.69. The molecule has 0 aliphatic heterocycles. The van der Waals surface area contributed by atoms with Gasteiger partial charge in [0.05, 0.1) is 27.0 Å². The van der Waals surface area contributed by atoms with Gasteiger partial charge in [0, 0.05) is 23.5 Å². The summed E-state index contributed by atoms with van der Waals surface area (Å²) >= 11 is 0. The van der Waals surface area contributed by atoms with E-state index in [1.165, 1.54) is 0 Å². The average molecular weight is 312 g/mol. The number of nitrogens with zero attached hydrogens (tertiary/aromatic N) is 3. The normalized spacial score (nSPS) is 10.4. The van der Waals surface area contributed by atoms with Crippen molar-refractivity contribution in [2.75, 3.05) is 21.3 Å². The number of hydrogen-bond acceptors (Lipinski definition) is 6. The molecule has 0 unspecified atom stereocenters. The van der Waals surface area contributed by atoms with Crippen LogP contribution in [0.3, 0.4) is 0 Å². The van der Waals surface area contributed by atoms with Crippen LogP contribution < -0.4 is 14.2 Å². The fourth-order valence-corrected chi connectivity index (χ4v) is 2.37. The SMILES string of the molecule is COc1cc(-c2nn[nH]c2-c2ccncc2)cc(OC)c1OC. The van der Waals surface area contributed by atoms with Crippen LogP contribution in [0.1, 0.15) is 0 Å². The molecule has 0 aliphatic rings. The van der Waals surface area contributed by atoms with Crippen molar-refractivity contribution in [3.8, 4) is 39.8 Å². The van der Waals surface area contributed by atoms with Crippen LogP contribution in [-0.2, 0) is 0 Å². The summed E-state index contributed by atoms with van der Waals surface area (Å²) in [6.07, 6.45) is 3.43. The Morgan fingerprint density at radius 2 is 1.52 bits per heavy atom. The first kappa shape index (κ1) is 14.8. The molecule has 0 aliphatic carbocycles. The van der Waals surface area contributed by atoms with Crippen LogP contribution in [-0.4, -0.2) is 41.7 Å². The zero-order valence-corrected chi connectivity index (χ0v) is 13.0. The number of aromatic nitrogens is 4. The van der Waals surface area contributed by atoms with Crippen molar-refractivity contribution >= 4 is 0 Å². The van der Waals surface area contributed by atoms with Gasteiger partial charge in [-0.05, 0) is 24.3 Å². The fraction of sp³-hybridized carbons (Fsp3) is 0.188. The van der Waals surface area contributed by atoms with Crippen LogP contribution in [0, 0.1) is 0 Å². The Kier molecular flexibility index (Phi) is 4.09. The van der Waals surface area contributed by atoms with Crippen LogP contribution in [0.5, 0.6) is 17.2 Å². The van der Waals surface area contributed by atoms with E-state index in [1.54, 1.807) is 33.7 Å². The molecule has 2 heterocycles. The first-order chi connectivity index (χ1) is 11.3. The van der Waals surface area contributed by atoms with Gasteiger partial charge in [-0.2, -0.15) is 0 Å². The topological polar surface area (TPSA) is 82.2 Å². The van der Waals surface area contributed by atoms with Gasteiger partial charge in [0.25, 0.3) is 0 Å². The number of pyridine rings is 1. The van der Waals surface area contributed by atoms with Gasteiger partial charge in [0.2, 0.25) is 5.75 Å². The highest BCUT2D eigenvalue weighted by Gasteiger charge is 2.18. The number of benzene rings is 1. The quantitative estimate of drug-likeness (QED) is 0.779. The molecule has 0 spiro atoms. The Balaban J connectivity index is 2.15. The molecule has 0 radical (unpaired) electrons. The van der Waals surface area contributed by atoms with E-state index in [-0.39, 0.29) is 0 Å². The summed E-state index contributed by atoms with van der Waals surface area (Å²) in [4.78, 5) is 4.02. The maximum Gasteiger partial charge on any atom is 0.203 e. The fourth-order valence-electron chi connectivity index (χ4n) is 2.37. The number of nitrogens with one attached hydrogen (secondary N) is 1. The van der Waals surface area contributed by atoms with Crippen LogP contribution in [0.15, 0.2) is 36.7 Å². The summed E-state index contributed by atoms with van der Waals surface area (Å²) in [5.41, 5.74) is 3.23. The smallest absolute Gasteiger partial charge is 0.203 e. The molecule has 3 rings (SSSR count). The van der Waals surface area contributed by atoms with E-state index in [4.69, 9.17) is 14.2 Å². The minimum atomic E-state index is 0.535. The molecule has 1 N–H and O–H groups in total. The lowest BCUT2D eigenvalue weighted by molar-refractivity contribution is 0.324. The van der Waals surface area contributed by atoms with Crippen molar-refractivity contribution in [2.45, 2.75) is 0 Å². The molecule has 0 bridgehead atoms. The highest BCUT2D eigenvalue weighted by Crippen LogP contribution is 2.42. The zero-order valence-electron chi connectivity index (χ0n) is 13.0. The molecule has 23 heavy (non-hydrogen) atoms. The molecular formula is C16H16N4O3. The molecule has 3 aromatic rings. The third-order valence-corrected chi connectivity index (χ3v) is 3.46. The molecule has 0 saturated carbocycles. The Bertz CT molecular complexity index is 777. The monoisotopic (exact) mass is 312 g/mol. The lowest BCUT2D eigenvalue weighted by atomic mass is 10.0. The van der Waals surface area contributed by atoms with E-state index in [0.29, 0.717) is 22.9 Å². The Hall–Kier alpha value is -3.09. The average Bonchev–Trinajstić information content (AvgIpc) is 3.10. The number of aromatic amines is 1. The summed E-state index contributed by atoms with van der Waals surface area (Å²) in [5.74, 6) is 1.66. The van der Waals surface area contributed by atoms with Crippen molar-refractivity contribution in [3.63, 3.8) is 0 Å². The van der Waals surface area contributed by atoms with Crippen molar-refractivity contribution in [3.05, 3.63) is 36.7 Å². The predicted molar refractivity (Wildman–Crippen MR) is 84.7 cm³/mol. The number of rotatable bonds is 5. The highest BCUT2D eigenvalue weighted by atomic mass is 16.5. The van der Waals surface area contributed by atoms with Gasteiger partial charge >= 0.3 is 0 Å². The number of ether oxygens (including phenoxy) is 3. The lowest BCUT2D eigenvalue weighted by Gasteiger charge is -2.13. The molecule has 0 fully saturated rings. The number of H-pyrrole nitrogens is 1. The second-order valence-corrected chi connectivity index (χ2v) is 4.69. The van der Waals surface area contributed by atoms with Crippen molar-refractivity contribution in [1.82, 2.24) is 20.4 Å². The van der Waals surface area contributed by atoms with Gasteiger partial charge < -0.3 is 14.2 Å². The van der Waals surface area contributed by atoms with E-state index in [2.05, 4.69) is 20.4 Å². The minimum Gasteiger partial charge on any atom is -0.493 e. The number of hydrogen-bond donors (Lipinski definition) is 1. The van der Waals surface area contributed by atoms with Gasteiger partial charge in [-0.3, -0.25) is 10.1 Å². The summed E-state index contributed by atoms with van der Waals surface area (Å²) in [6.45, 7) is 0. The number of methoxy groups -OCH3 is 3. The standard InChI is InChI=1S/C16H16N4O3/c1-21-12-8-11(9-13(22-2)16(12)23-3)15-14(18-20-19-15)10-4-6-17-7-5-10/h4-9H,1-3H3,(H,18,19,20). The van der Waals surface area contributed by atoms with E-state index < -0.39 is 0 Å². The zero-order chi connectivity index (χ0) is 16.2.